The molecule has 1 unspecified atom stereocenters. The molecule has 0 aliphatic heterocycles. The molecule has 160 valence electrons. The number of rotatable bonds is 8. The standard InChI is InChI=1S/C24H27ClFNO3/c25-19-8-4-17(5-9-19)21(18-6-10-20(26)11-7-18)14-22(28)27-16-24(15-23(29)30)12-2-1-3-13-24/h4-11,21H,1-3,12-16H2,(H,27,28)(H,29,30). The number of amides is 1. The first-order valence-electron chi connectivity index (χ1n) is 10.4. The quantitative estimate of drug-likeness (QED) is 0.576. The highest BCUT2D eigenvalue weighted by molar-refractivity contribution is 6.30. The Labute approximate surface area is 181 Å². The van der Waals surface area contributed by atoms with Gasteiger partial charge in [-0.25, -0.2) is 4.39 Å². The number of carbonyl (C=O) groups is 2. The summed E-state index contributed by atoms with van der Waals surface area (Å²) in [7, 11) is 0. The molecule has 0 spiro atoms. The Morgan fingerprint density at radius 1 is 1.00 bits per heavy atom. The minimum absolute atomic E-state index is 0.0753. The van der Waals surface area contributed by atoms with E-state index in [1.54, 1.807) is 24.3 Å². The fourth-order valence-electron chi connectivity index (χ4n) is 4.40. The van der Waals surface area contributed by atoms with Crippen molar-refractivity contribution >= 4 is 23.5 Å². The van der Waals surface area contributed by atoms with Crippen molar-refractivity contribution in [1.29, 1.82) is 0 Å². The summed E-state index contributed by atoms with van der Waals surface area (Å²) in [5.41, 5.74) is 1.39. The zero-order chi connectivity index (χ0) is 21.6. The molecule has 1 aliphatic rings. The van der Waals surface area contributed by atoms with E-state index in [1.807, 2.05) is 12.1 Å². The van der Waals surface area contributed by atoms with E-state index < -0.39 is 5.97 Å². The van der Waals surface area contributed by atoms with Crippen LogP contribution in [0.1, 0.15) is 62.0 Å². The van der Waals surface area contributed by atoms with Gasteiger partial charge in [0.05, 0.1) is 6.42 Å². The highest BCUT2D eigenvalue weighted by Crippen LogP contribution is 2.39. The third-order valence-corrected chi connectivity index (χ3v) is 6.29. The Hall–Kier alpha value is -2.40. The van der Waals surface area contributed by atoms with Gasteiger partial charge >= 0.3 is 5.97 Å². The van der Waals surface area contributed by atoms with Crippen LogP contribution < -0.4 is 5.32 Å². The molecule has 6 heteroatoms. The summed E-state index contributed by atoms with van der Waals surface area (Å²) in [6, 6.07) is 13.4. The molecule has 0 radical (unpaired) electrons. The number of halogens is 2. The van der Waals surface area contributed by atoms with Crippen molar-refractivity contribution in [2.45, 2.75) is 50.9 Å². The highest BCUT2D eigenvalue weighted by Gasteiger charge is 2.35. The third-order valence-electron chi connectivity index (χ3n) is 6.04. The summed E-state index contributed by atoms with van der Waals surface area (Å²) >= 11 is 6.00. The molecular formula is C24H27ClFNO3. The Morgan fingerprint density at radius 2 is 1.57 bits per heavy atom. The van der Waals surface area contributed by atoms with Crippen molar-refractivity contribution in [3.8, 4) is 0 Å². The molecular weight excluding hydrogens is 405 g/mol. The lowest BCUT2D eigenvalue weighted by molar-refractivity contribution is -0.140. The molecule has 0 bridgehead atoms. The van der Waals surface area contributed by atoms with Crippen LogP contribution in [-0.4, -0.2) is 23.5 Å². The number of carboxylic acids is 1. The molecule has 1 fully saturated rings. The lowest BCUT2D eigenvalue weighted by atomic mass is 9.71. The normalized spacial score (nSPS) is 16.6. The SMILES string of the molecule is O=C(O)CC1(CNC(=O)CC(c2ccc(F)cc2)c2ccc(Cl)cc2)CCCCC1. The zero-order valence-electron chi connectivity index (χ0n) is 16.9. The molecule has 1 atom stereocenters. The van der Waals surface area contributed by atoms with Gasteiger partial charge in [0.25, 0.3) is 0 Å². The third kappa shape index (κ3) is 6.05. The van der Waals surface area contributed by atoms with Gasteiger partial charge in [0.2, 0.25) is 5.91 Å². The first-order valence-corrected chi connectivity index (χ1v) is 10.7. The van der Waals surface area contributed by atoms with Crippen molar-refractivity contribution in [2.24, 2.45) is 5.41 Å². The Bertz CT molecular complexity index is 816. The lowest BCUT2D eigenvalue weighted by Crippen LogP contribution is -2.40. The largest absolute Gasteiger partial charge is 0.481 e. The maximum atomic E-state index is 13.4. The summed E-state index contributed by atoms with van der Waals surface area (Å²) in [4.78, 5) is 24.2. The van der Waals surface area contributed by atoms with Gasteiger partial charge in [-0.15, -0.1) is 0 Å². The molecule has 0 saturated heterocycles. The van der Waals surface area contributed by atoms with Crippen LogP contribution >= 0.6 is 11.6 Å². The van der Waals surface area contributed by atoms with Gasteiger partial charge in [0.1, 0.15) is 5.82 Å². The molecule has 1 amide bonds. The van der Waals surface area contributed by atoms with Crippen LogP contribution in [0, 0.1) is 11.2 Å². The van der Waals surface area contributed by atoms with Crippen LogP contribution in [0.2, 0.25) is 5.02 Å². The molecule has 2 aromatic carbocycles. The molecule has 2 N–H and O–H groups in total. The van der Waals surface area contributed by atoms with Crippen molar-refractivity contribution in [3.05, 3.63) is 70.5 Å². The van der Waals surface area contributed by atoms with Gasteiger partial charge in [-0.2, -0.15) is 0 Å². The second kappa shape index (κ2) is 10.1. The van der Waals surface area contributed by atoms with Gasteiger partial charge in [-0.1, -0.05) is 55.1 Å². The predicted molar refractivity (Wildman–Crippen MR) is 115 cm³/mol. The maximum absolute atomic E-state index is 13.4. The minimum atomic E-state index is -0.823. The van der Waals surface area contributed by atoms with Crippen molar-refractivity contribution in [2.75, 3.05) is 6.54 Å². The van der Waals surface area contributed by atoms with E-state index in [9.17, 15) is 19.1 Å². The van der Waals surface area contributed by atoms with Crippen LogP contribution in [0.5, 0.6) is 0 Å². The summed E-state index contributed by atoms with van der Waals surface area (Å²) in [6.45, 7) is 0.370. The molecule has 2 aromatic rings. The second-order valence-electron chi connectivity index (χ2n) is 8.27. The van der Waals surface area contributed by atoms with Crippen LogP contribution in [-0.2, 0) is 9.59 Å². The van der Waals surface area contributed by atoms with Crippen molar-refractivity contribution < 1.29 is 19.1 Å². The number of benzene rings is 2. The van der Waals surface area contributed by atoms with E-state index in [0.29, 0.717) is 11.6 Å². The average Bonchev–Trinajstić information content (AvgIpc) is 2.72. The number of hydrogen-bond acceptors (Lipinski definition) is 2. The van der Waals surface area contributed by atoms with E-state index >= 15 is 0 Å². The summed E-state index contributed by atoms with van der Waals surface area (Å²) in [5, 5.41) is 12.9. The first kappa shape index (κ1) is 22.3. The molecule has 4 nitrogen and oxygen atoms in total. The fraction of sp³-hybridized carbons (Fsp3) is 0.417. The van der Waals surface area contributed by atoms with E-state index in [0.717, 1.165) is 43.2 Å². The van der Waals surface area contributed by atoms with E-state index in [2.05, 4.69) is 5.32 Å². The summed E-state index contributed by atoms with van der Waals surface area (Å²) in [5.74, 6) is -1.54. The van der Waals surface area contributed by atoms with Gasteiger partial charge in [0, 0.05) is 23.9 Å². The second-order valence-corrected chi connectivity index (χ2v) is 8.70. The fourth-order valence-corrected chi connectivity index (χ4v) is 4.53. The Balaban J connectivity index is 1.73. The van der Waals surface area contributed by atoms with Crippen LogP contribution in [0.4, 0.5) is 4.39 Å². The first-order chi connectivity index (χ1) is 14.4. The van der Waals surface area contributed by atoms with E-state index in [4.69, 9.17) is 11.6 Å². The van der Waals surface area contributed by atoms with Crippen molar-refractivity contribution in [1.82, 2.24) is 5.32 Å². The summed E-state index contributed by atoms with van der Waals surface area (Å²) in [6.07, 6.45) is 5.00. The van der Waals surface area contributed by atoms with E-state index in [-0.39, 0.29) is 35.9 Å². The number of aliphatic carboxylic acids is 1. The maximum Gasteiger partial charge on any atom is 0.303 e. The Morgan fingerprint density at radius 3 is 2.13 bits per heavy atom. The van der Waals surface area contributed by atoms with Gasteiger partial charge < -0.3 is 10.4 Å². The van der Waals surface area contributed by atoms with Crippen LogP contribution in [0.3, 0.4) is 0 Å². The van der Waals surface area contributed by atoms with Crippen molar-refractivity contribution in [3.63, 3.8) is 0 Å². The van der Waals surface area contributed by atoms with Crippen LogP contribution in [0.25, 0.3) is 0 Å². The summed E-state index contributed by atoms with van der Waals surface area (Å²) < 4.78 is 13.4. The monoisotopic (exact) mass is 431 g/mol. The zero-order valence-corrected chi connectivity index (χ0v) is 17.6. The molecule has 1 saturated carbocycles. The van der Waals surface area contributed by atoms with E-state index in [1.165, 1.54) is 12.1 Å². The van der Waals surface area contributed by atoms with Gasteiger partial charge in [-0.3, -0.25) is 9.59 Å². The molecule has 30 heavy (non-hydrogen) atoms. The molecule has 3 rings (SSSR count). The molecule has 0 aromatic heterocycles. The Kier molecular flexibility index (Phi) is 7.48. The smallest absolute Gasteiger partial charge is 0.303 e. The number of carboxylic acid groups (broad SMARTS) is 1. The molecule has 1 aliphatic carbocycles. The highest BCUT2D eigenvalue weighted by atomic mass is 35.5. The predicted octanol–water partition coefficient (Wildman–Crippen LogP) is 5.54. The van der Waals surface area contributed by atoms with Crippen LogP contribution in [0.15, 0.2) is 48.5 Å². The number of nitrogens with one attached hydrogen (secondary N) is 1. The number of carbonyl (C=O) groups excluding carboxylic acids is 1. The van der Waals surface area contributed by atoms with Gasteiger partial charge in [0.15, 0.2) is 0 Å². The van der Waals surface area contributed by atoms with Gasteiger partial charge in [-0.05, 0) is 53.6 Å². The number of hydrogen-bond donors (Lipinski definition) is 2. The molecule has 0 heterocycles. The lowest BCUT2D eigenvalue weighted by Gasteiger charge is -2.36. The minimum Gasteiger partial charge on any atom is -0.481 e. The topological polar surface area (TPSA) is 66.4 Å². The average molecular weight is 432 g/mol.